The summed E-state index contributed by atoms with van der Waals surface area (Å²) in [6.07, 6.45) is 7.18. The molecule has 0 amide bonds. The van der Waals surface area contributed by atoms with E-state index < -0.39 is 12.0 Å². The Labute approximate surface area is 73.2 Å². The van der Waals surface area contributed by atoms with Crippen molar-refractivity contribution >= 4 is 5.97 Å². The first-order chi connectivity index (χ1) is 5.72. The number of aliphatic carboxylic acids is 1. The smallest absolute Gasteiger partial charge is 0.320 e. The van der Waals surface area contributed by atoms with Gasteiger partial charge in [-0.25, -0.2) is 0 Å². The summed E-state index contributed by atoms with van der Waals surface area (Å²) in [5.74, 6) is 1.71. The molecule has 0 aliphatic rings. The molecule has 0 radical (unpaired) electrons. The lowest BCUT2D eigenvalue weighted by Crippen LogP contribution is -2.36. The lowest BCUT2D eigenvalue weighted by Gasteiger charge is -2.10. The zero-order valence-corrected chi connectivity index (χ0v) is 7.34. The molecule has 0 saturated heterocycles. The summed E-state index contributed by atoms with van der Waals surface area (Å²) >= 11 is 0. The summed E-state index contributed by atoms with van der Waals surface area (Å²) in [6, 6.07) is -0.428. The maximum Gasteiger partial charge on any atom is 0.320 e. The lowest BCUT2D eigenvalue weighted by atomic mass is 10.2. The summed E-state index contributed by atoms with van der Waals surface area (Å²) in [4.78, 5) is 10.5. The van der Waals surface area contributed by atoms with E-state index in [4.69, 9.17) is 11.5 Å². The third kappa shape index (κ3) is 4.75. The van der Waals surface area contributed by atoms with Crippen LogP contribution in [0.1, 0.15) is 26.2 Å². The summed E-state index contributed by atoms with van der Waals surface area (Å²) in [6.45, 7) is 2.52. The van der Waals surface area contributed by atoms with Gasteiger partial charge in [0, 0.05) is 6.42 Å². The van der Waals surface area contributed by atoms with E-state index in [0.717, 1.165) is 6.42 Å². The number of hydrogen-bond acceptors (Lipinski definition) is 2. The predicted octanol–water partition coefficient (Wildman–Crippen LogP) is 0.853. The molecule has 0 spiro atoms. The molecule has 1 atom stereocenters. The molecule has 0 aromatic carbocycles. The van der Waals surface area contributed by atoms with Crippen LogP contribution in [0.2, 0.25) is 0 Å². The predicted molar refractivity (Wildman–Crippen MR) is 47.8 cm³/mol. The fraction of sp³-hybridized carbons (Fsp3) is 0.667. The van der Waals surface area contributed by atoms with Crippen molar-refractivity contribution in [1.82, 2.24) is 5.32 Å². The molecule has 0 heterocycles. The Morgan fingerprint density at radius 2 is 2.42 bits per heavy atom. The van der Waals surface area contributed by atoms with Crippen LogP contribution in [-0.2, 0) is 4.79 Å². The summed E-state index contributed by atoms with van der Waals surface area (Å²) in [7, 11) is 0. The molecule has 3 nitrogen and oxygen atoms in total. The molecule has 12 heavy (non-hydrogen) atoms. The van der Waals surface area contributed by atoms with Gasteiger partial charge in [0.05, 0.1) is 0 Å². The van der Waals surface area contributed by atoms with E-state index in [1.54, 1.807) is 0 Å². The van der Waals surface area contributed by atoms with Gasteiger partial charge in [0.15, 0.2) is 0 Å². The number of carboxylic acids is 1. The van der Waals surface area contributed by atoms with Crippen molar-refractivity contribution < 1.29 is 9.90 Å². The highest BCUT2D eigenvalue weighted by molar-refractivity contribution is 5.73. The first-order valence-electron chi connectivity index (χ1n) is 4.12. The van der Waals surface area contributed by atoms with Gasteiger partial charge >= 0.3 is 5.97 Å². The lowest BCUT2D eigenvalue weighted by molar-refractivity contribution is -0.139. The number of rotatable bonds is 6. The van der Waals surface area contributed by atoms with Gasteiger partial charge in [-0.15, -0.1) is 12.3 Å². The van der Waals surface area contributed by atoms with Crippen molar-refractivity contribution in [2.45, 2.75) is 32.2 Å². The first-order valence-corrected chi connectivity index (χ1v) is 4.12. The molecule has 0 bridgehead atoms. The van der Waals surface area contributed by atoms with Crippen LogP contribution in [0, 0.1) is 12.3 Å². The van der Waals surface area contributed by atoms with Crippen LogP contribution in [0.15, 0.2) is 0 Å². The third-order valence-electron chi connectivity index (χ3n) is 1.59. The van der Waals surface area contributed by atoms with Crippen molar-refractivity contribution in [2.75, 3.05) is 6.54 Å². The van der Waals surface area contributed by atoms with Crippen LogP contribution in [-0.4, -0.2) is 23.7 Å². The largest absolute Gasteiger partial charge is 0.480 e. The molecule has 0 aromatic rings. The van der Waals surface area contributed by atoms with Crippen LogP contribution >= 0.6 is 0 Å². The monoisotopic (exact) mass is 169 g/mol. The second-order valence-electron chi connectivity index (χ2n) is 2.56. The Bertz CT molecular complexity index is 172. The Morgan fingerprint density at radius 3 is 2.83 bits per heavy atom. The second kappa shape index (κ2) is 6.68. The van der Waals surface area contributed by atoms with Crippen molar-refractivity contribution in [3.8, 4) is 12.3 Å². The standard InChI is InChI=1S/C9H15NO2/c1-3-5-6-7-10-8(4-2)9(11)12/h1,8,10H,4-7H2,2H3,(H,11,12). The molecule has 1 unspecified atom stereocenters. The minimum Gasteiger partial charge on any atom is -0.480 e. The van der Waals surface area contributed by atoms with E-state index in [2.05, 4.69) is 11.2 Å². The van der Waals surface area contributed by atoms with E-state index in [1.807, 2.05) is 6.92 Å². The molecule has 0 aromatic heterocycles. The zero-order chi connectivity index (χ0) is 9.40. The SMILES string of the molecule is C#CCCCNC(CC)C(=O)O. The molecular weight excluding hydrogens is 154 g/mol. The molecule has 0 aliphatic carbocycles. The Balaban J connectivity index is 3.46. The van der Waals surface area contributed by atoms with E-state index in [-0.39, 0.29) is 0 Å². The van der Waals surface area contributed by atoms with Gasteiger partial charge in [0.25, 0.3) is 0 Å². The molecule has 2 N–H and O–H groups in total. The summed E-state index contributed by atoms with van der Waals surface area (Å²) < 4.78 is 0. The van der Waals surface area contributed by atoms with Crippen molar-refractivity contribution in [3.63, 3.8) is 0 Å². The van der Waals surface area contributed by atoms with Gasteiger partial charge in [-0.1, -0.05) is 6.92 Å². The van der Waals surface area contributed by atoms with E-state index in [1.165, 1.54) is 0 Å². The van der Waals surface area contributed by atoms with E-state index in [0.29, 0.717) is 19.4 Å². The molecule has 3 heteroatoms. The van der Waals surface area contributed by atoms with Crippen molar-refractivity contribution in [3.05, 3.63) is 0 Å². The highest BCUT2D eigenvalue weighted by Crippen LogP contribution is 1.92. The summed E-state index contributed by atoms with van der Waals surface area (Å²) in [5, 5.41) is 11.5. The fourth-order valence-corrected chi connectivity index (χ4v) is 0.873. The van der Waals surface area contributed by atoms with Crippen LogP contribution in [0.3, 0.4) is 0 Å². The highest BCUT2D eigenvalue weighted by atomic mass is 16.4. The maximum absolute atomic E-state index is 10.5. The number of carboxylic acid groups (broad SMARTS) is 1. The zero-order valence-electron chi connectivity index (χ0n) is 7.34. The topological polar surface area (TPSA) is 49.3 Å². The van der Waals surface area contributed by atoms with Gasteiger partial charge < -0.3 is 10.4 Å². The number of hydrogen-bond donors (Lipinski definition) is 2. The fourth-order valence-electron chi connectivity index (χ4n) is 0.873. The average molecular weight is 169 g/mol. The number of nitrogens with one attached hydrogen (secondary N) is 1. The highest BCUT2D eigenvalue weighted by Gasteiger charge is 2.12. The van der Waals surface area contributed by atoms with Gasteiger partial charge in [-0.05, 0) is 19.4 Å². The van der Waals surface area contributed by atoms with Crippen LogP contribution in [0.25, 0.3) is 0 Å². The van der Waals surface area contributed by atoms with Gasteiger partial charge in [0.2, 0.25) is 0 Å². The van der Waals surface area contributed by atoms with E-state index >= 15 is 0 Å². The Hall–Kier alpha value is -1.01. The molecule has 0 saturated carbocycles. The summed E-state index contributed by atoms with van der Waals surface area (Å²) in [5.41, 5.74) is 0. The molecule has 68 valence electrons. The average Bonchev–Trinajstić information content (AvgIpc) is 2.04. The van der Waals surface area contributed by atoms with E-state index in [9.17, 15) is 4.79 Å². The molecule has 0 fully saturated rings. The minimum atomic E-state index is -0.793. The van der Waals surface area contributed by atoms with Gasteiger partial charge in [-0.2, -0.15) is 0 Å². The van der Waals surface area contributed by atoms with Crippen LogP contribution < -0.4 is 5.32 Å². The Kier molecular flexibility index (Phi) is 6.12. The van der Waals surface area contributed by atoms with Crippen molar-refractivity contribution in [1.29, 1.82) is 0 Å². The van der Waals surface area contributed by atoms with Crippen LogP contribution in [0.4, 0.5) is 0 Å². The normalized spacial score (nSPS) is 12.0. The number of carbonyl (C=O) groups is 1. The number of unbranched alkanes of at least 4 members (excludes halogenated alkanes) is 1. The van der Waals surface area contributed by atoms with Crippen LogP contribution in [0.5, 0.6) is 0 Å². The maximum atomic E-state index is 10.5. The van der Waals surface area contributed by atoms with Crippen molar-refractivity contribution in [2.24, 2.45) is 0 Å². The van der Waals surface area contributed by atoms with Gasteiger partial charge in [0.1, 0.15) is 6.04 Å². The minimum absolute atomic E-state index is 0.428. The molecular formula is C9H15NO2. The molecule has 0 aliphatic heterocycles. The quantitative estimate of drug-likeness (QED) is 0.458. The van der Waals surface area contributed by atoms with Gasteiger partial charge in [-0.3, -0.25) is 4.79 Å². The third-order valence-corrected chi connectivity index (χ3v) is 1.59. The second-order valence-corrected chi connectivity index (χ2v) is 2.56. The Morgan fingerprint density at radius 1 is 1.75 bits per heavy atom. The number of terminal acetylenes is 1. The first kappa shape index (κ1) is 11.0. The molecule has 0 rings (SSSR count).